The van der Waals surface area contributed by atoms with Crippen LogP contribution in [0.3, 0.4) is 0 Å². The van der Waals surface area contributed by atoms with Gasteiger partial charge in [0, 0.05) is 50.3 Å². The van der Waals surface area contributed by atoms with Crippen molar-refractivity contribution >= 4 is 79.2 Å². The molecule has 320 valence electrons. The van der Waals surface area contributed by atoms with Crippen molar-refractivity contribution in [3.05, 3.63) is 186 Å². The summed E-state index contributed by atoms with van der Waals surface area (Å²) in [6.45, 7) is 23.2. The molecule has 8 aromatic carbocycles. The molecule has 0 bridgehead atoms. The maximum absolute atomic E-state index is 6.52. The maximum Gasteiger partial charge on any atom is 0.252 e. The van der Waals surface area contributed by atoms with Gasteiger partial charge in [-0.15, -0.1) is 0 Å². The molecular formula is C61H57BN2O. The predicted octanol–water partition coefficient (Wildman–Crippen LogP) is 15.2. The standard InChI is InChI=1S/C61H57BN2O/c1-38-33-54-57-55(34-38)64(51-30-25-41(59(2,3)4)35-48(51)39-17-12-11-13-18-39)53-32-27-43(61(8,9)10)37-50(53)62(57)49-36-42(60(5,6)7)26-31-52(49)63(54)44-28-23-40(24-29-44)45-20-16-21-47-46-19-14-15-22-56(46)65-58(45)47/h11-37H,1-10H3. The van der Waals surface area contributed by atoms with Gasteiger partial charge in [0.2, 0.25) is 0 Å². The highest BCUT2D eigenvalue weighted by Crippen LogP contribution is 2.49. The minimum absolute atomic E-state index is 0.0137. The Hall–Kier alpha value is -6.78. The Kier molecular flexibility index (Phi) is 9.22. The van der Waals surface area contributed by atoms with E-state index < -0.39 is 0 Å². The van der Waals surface area contributed by atoms with Crippen LogP contribution in [0.15, 0.2) is 168 Å². The molecule has 0 saturated carbocycles. The lowest BCUT2D eigenvalue weighted by Crippen LogP contribution is -2.61. The van der Waals surface area contributed by atoms with Gasteiger partial charge in [-0.1, -0.05) is 172 Å². The van der Waals surface area contributed by atoms with Crippen LogP contribution < -0.4 is 26.2 Å². The van der Waals surface area contributed by atoms with E-state index in [0.717, 1.165) is 38.8 Å². The van der Waals surface area contributed by atoms with Gasteiger partial charge < -0.3 is 14.2 Å². The van der Waals surface area contributed by atoms with Crippen molar-refractivity contribution in [3.8, 4) is 22.3 Å². The summed E-state index contributed by atoms with van der Waals surface area (Å²) in [6.07, 6.45) is 0. The number of hydrogen-bond acceptors (Lipinski definition) is 3. The molecule has 11 rings (SSSR count). The highest BCUT2D eigenvalue weighted by Gasteiger charge is 2.44. The quantitative estimate of drug-likeness (QED) is 0.165. The summed E-state index contributed by atoms with van der Waals surface area (Å²) in [6, 6.07) is 61.6. The summed E-state index contributed by atoms with van der Waals surface area (Å²) < 4.78 is 6.52. The van der Waals surface area contributed by atoms with Crippen molar-refractivity contribution in [3.63, 3.8) is 0 Å². The lowest BCUT2D eigenvalue weighted by atomic mass is 9.33. The second-order valence-corrected chi connectivity index (χ2v) is 21.5. The highest BCUT2D eigenvalue weighted by molar-refractivity contribution is 7.00. The third-order valence-electron chi connectivity index (χ3n) is 14.0. The second kappa shape index (κ2) is 14.6. The number of rotatable bonds is 4. The normalized spacial score (nSPS) is 13.6. The number of anilines is 6. The molecule has 0 saturated heterocycles. The smallest absolute Gasteiger partial charge is 0.252 e. The van der Waals surface area contributed by atoms with Crippen LogP contribution >= 0.6 is 0 Å². The number of aryl methyl sites for hydroxylation is 1. The Morgan fingerprint density at radius 2 is 0.938 bits per heavy atom. The lowest BCUT2D eigenvalue weighted by Gasteiger charge is -2.45. The molecule has 0 radical (unpaired) electrons. The van der Waals surface area contributed by atoms with Gasteiger partial charge in [0.15, 0.2) is 0 Å². The first-order valence-corrected chi connectivity index (χ1v) is 23.3. The number of nitrogens with zero attached hydrogens (tertiary/aromatic N) is 2. The first-order valence-electron chi connectivity index (χ1n) is 23.3. The first kappa shape index (κ1) is 41.0. The van der Waals surface area contributed by atoms with E-state index in [9.17, 15) is 0 Å². The van der Waals surface area contributed by atoms with Crippen molar-refractivity contribution in [1.82, 2.24) is 0 Å². The first-order chi connectivity index (χ1) is 31.0. The molecule has 0 N–H and O–H groups in total. The van der Waals surface area contributed by atoms with Crippen LogP contribution in [-0.4, -0.2) is 6.71 Å². The highest BCUT2D eigenvalue weighted by atomic mass is 16.3. The number of furan rings is 1. The fraction of sp³-hybridized carbons (Fsp3) is 0.213. The summed E-state index contributed by atoms with van der Waals surface area (Å²) in [4.78, 5) is 5.13. The van der Waals surface area contributed by atoms with Gasteiger partial charge >= 0.3 is 0 Å². The van der Waals surface area contributed by atoms with Gasteiger partial charge in [-0.25, -0.2) is 0 Å². The Labute approximate surface area is 385 Å². The van der Waals surface area contributed by atoms with Gasteiger partial charge in [-0.05, 0) is 128 Å². The van der Waals surface area contributed by atoms with Gasteiger partial charge in [0.1, 0.15) is 11.2 Å². The van der Waals surface area contributed by atoms with Gasteiger partial charge in [0.05, 0.1) is 5.69 Å². The van der Waals surface area contributed by atoms with Crippen LogP contribution in [0.1, 0.15) is 84.6 Å². The number of hydrogen-bond donors (Lipinski definition) is 0. The van der Waals surface area contributed by atoms with Crippen LogP contribution in [0.4, 0.5) is 34.1 Å². The maximum atomic E-state index is 6.52. The van der Waals surface area contributed by atoms with Crippen molar-refractivity contribution in [2.75, 3.05) is 9.80 Å². The van der Waals surface area contributed by atoms with E-state index in [0.29, 0.717) is 0 Å². The van der Waals surface area contributed by atoms with E-state index in [1.165, 1.54) is 78.2 Å². The monoisotopic (exact) mass is 844 g/mol. The van der Waals surface area contributed by atoms with Crippen molar-refractivity contribution in [1.29, 1.82) is 0 Å². The molecule has 0 fully saturated rings. The van der Waals surface area contributed by atoms with E-state index in [1.807, 2.05) is 6.07 Å². The Morgan fingerprint density at radius 1 is 0.415 bits per heavy atom. The Morgan fingerprint density at radius 3 is 1.57 bits per heavy atom. The molecule has 2 aliphatic rings. The molecule has 0 amide bonds. The van der Waals surface area contributed by atoms with E-state index in [2.05, 4.69) is 237 Å². The molecular weight excluding hydrogens is 787 g/mol. The molecule has 0 aliphatic carbocycles. The minimum atomic E-state index is -0.0367. The zero-order chi connectivity index (χ0) is 45.2. The van der Waals surface area contributed by atoms with E-state index in [4.69, 9.17) is 4.42 Å². The fourth-order valence-corrected chi connectivity index (χ4v) is 10.4. The van der Waals surface area contributed by atoms with E-state index in [1.54, 1.807) is 0 Å². The molecule has 0 spiro atoms. The third-order valence-corrected chi connectivity index (χ3v) is 14.0. The van der Waals surface area contributed by atoms with Crippen molar-refractivity contribution < 1.29 is 4.42 Å². The molecule has 9 aromatic rings. The zero-order valence-electron chi connectivity index (χ0n) is 39.5. The molecule has 3 nitrogen and oxygen atoms in total. The number of fused-ring (bicyclic) bond motifs is 7. The fourth-order valence-electron chi connectivity index (χ4n) is 10.4. The topological polar surface area (TPSA) is 19.6 Å². The average Bonchev–Trinajstić information content (AvgIpc) is 3.67. The molecule has 3 heterocycles. The zero-order valence-corrected chi connectivity index (χ0v) is 39.5. The van der Waals surface area contributed by atoms with Gasteiger partial charge in [-0.3, -0.25) is 0 Å². The van der Waals surface area contributed by atoms with Gasteiger partial charge in [0.25, 0.3) is 6.71 Å². The number of para-hydroxylation sites is 2. The SMILES string of the molecule is Cc1cc2c3c(c1)N(c1ccc(C(C)(C)C)cc1-c1ccccc1)c1ccc(C(C)(C)C)cc1B3c1cc(C(C)(C)C)ccc1N2c1ccc(-c2cccc3c2oc2ccccc23)cc1. The minimum Gasteiger partial charge on any atom is -0.455 e. The van der Waals surface area contributed by atoms with E-state index in [-0.39, 0.29) is 23.0 Å². The average molecular weight is 845 g/mol. The van der Waals surface area contributed by atoms with Crippen LogP contribution in [0, 0.1) is 6.92 Å². The molecule has 4 heteroatoms. The van der Waals surface area contributed by atoms with E-state index >= 15 is 0 Å². The molecule has 0 unspecified atom stereocenters. The molecule has 2 aliphatic heterocycles. The van der Waals surface area contributed by atoms with Crippen LogP contribution in [0.5, 0.6) is 0 Å². The van der Waals surface area contributed by atoms with Crippen LogP contribution in [-0.2, 0) is 16.2 Å². The van der Waals surface area contributed by atoms with Crippen molar-refractivity contribution in [2.45, 2.75) is 85.5 Å². The largest absolute Gasteiger partial charge is 0.455 e. The van der Waals surface area contributed by atoms with Gasteiger partial charge in [-0.2, -0.15) is 0 Å². The summed E-state index contributed by atoms with van der Waals surface area (Å²) in [5.41, 5.74) is 22.9. The lowest BCUT2D eigenvalue weighted by molar-refractivity contribution is 0.590. The summed E-state index contributed by atoms with van der Waals surface area (Å²) >= 11 is 0. The van der Waals surface area contributed by atoms with Crippen molar-refractivity contribution in [2.24, 2.45) is 0 Å². The summed E-state index contributed by atoms with van der Waals surface area (Å²) in [5.74, 6) is 0. The second-order valence-electron chi connectivity index (χ2n) is 21.5. The Bertz CT molecular complexity index is 3340. The molecule has 1 aromatic heterocycles. The third kappa shape index (κ3) is 6.71. The predicted molar refractivity (Wildman–Crippen MR) is 279 cm³/mol. The Balaban J connectivity index is 1.17. The molecule has 65 heavy (non-hydrogen) atoms. The number of benzene rings is 8. The summed E-state index contributed by atoms with van der Waals surface area (Å²) in [5, 5.41) is 2.28. The van der Waals surface area contributed by atoms with Crippen LogP contribution in [0.2, 0.25) is 0 Å². The summed E-state index contributed by atoms with van der Waals surface area (Å²) in [7, 11) is 0. The molecule has 0 atom stereocenters. The van der Waals surface area contributed by atoms with Crippen LogP contribution in [0.25, 0.3) is 44.2 Å².